The summed E-state index contributed by atoms with van der Waals surface area (Å²) in [6, 6.07) is 20.3. The first-order valence-electron chi connectivity index (χ1n) is 10.7. The Balaban J connectivity index is 1.75. The fourth-order valence-corrected chi connectivity index (χ4v) is 5.38. The predicted molar refractivity (Wildman–Crippen MR) is 116 cm³/mol. The summed E-state index contributed by atoms with van der Waals surface area (Å²) >= 11 is 0. The number of nitrogens with two attached hydrogens (primary N) is 1. The van der Waals surface area contributed by atoms with E-state index in [1.54, 1.807) is 0 Å². The van der Waals surface area contributed by atoms with Gasteiger partial charge in [0.1, 0.15) is 30.4 Å². The molecule has 1 saturated carbocycles. The van der Waals surface area contributed by atoms with E-state index in [0.29, 0.717) is 12.6 Å². The van der Waals surface area contributed by atoms with E-state index < -0.39 is 5.41 Å². The van der Waals surface area contributed by atoms with E-state index >= 15 is 0 Å². The molecule has 0 bridgehead atoms. The Morgan fingerprint density at radius 2 is 1.70 bits per heavy atom. The largest absolute Gasteiger partial charge is 0.392 e. The van der Waals surface area contributed by atoms with Crippen molar-refractivity contribution in [3.8, 4) is 0 Å². The van der Waals surface area contributed by atoms with Gasteiger partial charge < -0.3 is 10.8 Å². The number of nitrogens with zero attached hydrogens (tertiary/aromatic N) is 2. The topological polar surface area (TPSA) is 72.1 Å². The monoisotopic (exact) mass is 404 g/mol. The number of imidazole rings is 1. The molecule has 30 heavy (non-hydrogen) atoms. The number of hydrogen-bond donors (Lipinski definition) is 2. The van der Waals surface area contributed by atoms with Crippen molar-refractivity contribution >= 4 is 5.91 Å². The minimum absolute atomic E-state index is 0.109. The smallest absolute Gasteiger partial charge is 0.253 e. The number of hydrogen-bond acceptors (Lipinski definition) is 2. The molecule has 2 atom stereocenters. The quantitative estimate of drug-likeness (QED) is 0.595. The van der Waals surface area contributed by atoms with Crippen LogP contribution in [0.2, 0.25) is 0 Å². The van der Waals surface area contributed by atoms with Crippen molar-refractivity contribution in [2.75, 3.05) is 6.61 Å². The molecule has 4 rings (SSSR count). The Kier molecular flexibility index (Phi) is 5.73. The normalized spacial score (nSPS) is 19.1. The van der Waals surface area contributed by atoms with Crippen molar-refractivity contribution in [2.24, 2.45) is 11.7 Å². The van der Waals surface area contributed by atoms with Crippen LogP contribution in [0.15, 0.2) is 73.1 Å². The maximum atomic E-state index is 13.2. The van der Waals surface area contributed by atoms with E-state index in [2.05, 4.69) is 22.3 Å². The molecule has 0 spiro atoms. The van der Waals surface area contributed by atoms with Crippen molar-refractivity contribution in [1.29, 1.82) is 0 Å². The van der Waals surface area contributed by atoms with Crippen LogP contribution < -0.4 is 10.3 Å². The average molecular weight is 405 g/mol. The zero-order valence-electron chi connectivity index (χ0n) is 17.4. The average Bonchev–Trinajstić information content (AvgIpc) is 3.38. The van der Waals surface area contributed by atoms with Gasteiger partial charge in [0.2, 0.25) is 5.91 Å². The lowest BCUT2D eigenvalue weighted by molar-refractivity contribution is -0.703. The number of rotatable bonds is 7. The molecule has 1 aliphatic rings. The lowest BCUT2D eigenvalue weighted by Crippen LogP contribution is -2.47. The van der Waals surface area contributed by atoms with Crippen molar-refractivity contribution < 1.29 is 14.5 Å². The Hall–Kier alpha value is -2.92. The maximum absolute atomic E-state index is 13.2. The number of aliphatic hydroxyl groups excluding tert-OH is 1. The summed E-state index contributed by atoms with van der Waals surface area (Å²) in [4.78, 5) is 13.2. The van der Waals surface area contributed by atoms with E-state index in [9.17, 15) is 9.90 Å². The van der Waals surface area contributed by atoms with Crippen LogP contribution in [-0.4, -0.2) is 22.2 Å². The molecule has 0 radical (unpaired) electrons. The first-order valence-corrected chi connectivity index (χ1v) is 10.7. The number of aliphatic hydroxyl groups is 1. The molecule has 156 valence electrons. The van der Waals surface area contributed by atoms with Gasteiger partial charge in [-0.15, -0.1) is 0 Å². The van der Waals surface area contributed by atoms with Gasteiger partial charge in [-0.1, -0.05) is 60.7 Å². The highest BCUT2D eigenvalue weighted by Gasteiger charge is 2.51. The Morgan fingerprint density at radius 3 is 2.23 bits per heavy atom. The number of primary amides is 1. The first-order chi connectivity index (χ1) is 14.6. The van der Waals surface area contributed by atoms with Crippen molar-refractivity contribution in [1.82, 2.24) is 4.57 Å². The maximum Gasteiger partial charge on any atom is 0.253 e. The Morgan fingerprint density at radius 1 is 1.10 bits per heavy atom. The molecular formula is C25H30N3O2+. The second kappa shape index (κ2) is 8.44. The number of carbonyl (C=O) groups is 1. The van der Waals surface area contributed by atoms with Crippen LogP contribution in [0.5, 0.6) is 0 Å². The Bertz CT molecular complexity index is 958. The van der Waals surface area contributed by atoms with Crippen LogP contribution in [0, 0.1) is 12.8 Å². The van der Waals surface area contributed by atoms with Crippen LogP contribution in [-0.2, 0) is 16.8 Å². The van der Waals surface area contributed by atoms with Crippen LogP contribution >= 0.6 is 0 Å². The van der Waals surface area contributed by atoms with Gasteiger partial charge in [0, 0.05) is 6.92 Å². The van der Waals surface area contributed by atoms with Gasteiger partial charge in [-0.25, -0.2) is 9.13 Å². The van der Waals surface area contributed by atoms with E-state index in [1.807, 2.05) is 66.9 Å². The van der Waals surface area contributed by atoms with Gasteiger partial charge in [0.15, 0.2) is 0 Å². The summed E-state index contributed by atoms with van der Waals surface area (Å²) in [5.41, 5.74) is 7.28. The highest BCUT2D eigenvalue weighted by atomic mass is 16.3. The molecule has 0 saturated heterocycles. The third-order valence-corrected chi connectivity index (χ3v) is 6.80. The first kappa shape index (κ1) is 20.4. The van der Waals surface area contributed by atoms with Gasteiger partial charge in [0.05, 0.1) is 6.61 Å². The molecule has 1 aliphatic carbocycles. The summed E-state index contributed by atoms with van der Waals surface area (Å²) in [7, 11) is 0. The van der Waals surface area contributed by atoms with Gasteiger partial charge in [0.25, 0.3) is 5.82 Å². The fourth-order valence-electron chi connectivity index (χ4n) is 5.38. The van der Waals surface area contributed by atoms with Crippen molar-refractivity contribution in [3.05, 3.63) is 90.0 Å². The highest BCUT2D eigenvalue weighted by molar-refractivity contribution is 5.91. The molecule has 0 aliphatic heterocycles. The van der Waals surface area contributed by atoms with Crippen LogP contribution in [0.25, 0.3) is 0 Å². The fraction of sp³-hybridized carbons (Fsp3) is 0.360. The number of benzene rings is 2. The number of carbonyl (C=O) groups excluding carboxylic acids is 1. The number of amides is 1. The lowest BCUT2D eigenvalue weighted by atomic mass is 9.64. The molecule has 2 aromatic carbocycles. The summed E-state index contributed by atoms with van der Waals surface area (Å²) in [6.07, 6.45) is 6.91. The Labute approximate surface area is 177 Å². The molecule has 3 aromatic rings. The molecule has 3 N–H and O–H groups in total. The second-order valence-electron chi connectivity index (χ2n) is 8.24. The molecule has 1 amide bonds. The van der Waals surface area contributed by atoms with E-state index in [4.69, 9.17) is 5.73 Å². The molecule has 5 nitrogen and oxygen atoms in total. The molecule has 1 aromatic heterocycles. The van der Waals surface area contributed by atoms with Crippen molar-refractivity contribution in [2.45, 2.75) is 44.2 Å². The van der Waals surface area contributed by atoms with E-state index in [1.165, 1.54) is 0 Å². The van der Waals surface area contributed by atoms with Crippen molar-refractivity contribution in [3.63, 3.8) is 0 Å². The third-order valence-electron chi connectivity index (χ3n) is 6.80. The lowest BCUT2D eigenvalue weighted by Gasteiger charge is -2.37. The molecule has 1 fully saturated rings. The van der Waals surface area contributed by atoms with E-state index in [-0.39, 0.29) is 18.4 Å². The summed E-state index contributed by atoms with van der Waals surface area (Å²) in [5.74, 6) is 0.946. The summed E-state index contributed by atoms with van der Waals surface area (Å²) in [6.45, 7) is 2.79. The number of aromatic nitrogens is 2. The predicted octanol–water partition coefficient (Wildman–Crippen LogP) is 2.89. The van der Waals surface area contributed by atoms with Crippen LogP contribution in [0.1, 0.15) is 42.3 Å². The van der Waals surface area contributed by atoms with Crippen LogP contribution in [0.4, 0.5) is 0 Å². The molecule has 5 heteroatoms. The van der Waals surface area contributed by atoms with E-state index in [0.717, 1.165) is 36.2 Å². The molecular weight excluding hydrogens is 374 g/mol. The minimum Gasteiger partial charge on any atom is -0.392 e. The highest BCUT2D eigenvalue weighted by Crippen LogP contribution is 2.49. The van der Waals surface area contributed by atoms with Gasteiger partial charge in [-0.2, -0.15) is 0 Å². The van der Waals surface area contributed by atoms with Gasteiger partial charge in [-0.3, -0.25) is 4.79 Å². The van der Waals surface area contributed by atoms with Crippen LogP contribution in [0.3, 0.4) is 0 Å². The SMILES string of the molecule is Cc1n(C2CCC(C(C(N)=O)(c3ccccc3)c3ccccc3)C2)cc[n+]1CCO. The minimum atomic E-state index is -0.848. The third kappa shape index (κ3) is 3.33. The summed E-state index contributed by atoms with van der Waals surface area (Å²) in [5, 5.41) is 9.30. The second-order valence-corrected chi connectivity index (χ2v) is 8.24. The standard InChI is InChI=1S/C25H29N3O2/c1-19-27(16-17-29)14-15-28(19)23-13-12-22(18-23)25(24(26)30,20-8-4-2-5-9-20)21-10-6-3-7-11-21/h2-11,14-15,22-23,29H,12-13,16-18H2,1H3,(H-,26,30)/p+1. The van der Waals surface area contributed by atoms with Gasteiger partial charge >= 0.3 is 0 Å². The summed E-state index contributed by atoms with van der Waals surface area (Å²) < 4.78 is 4.36. The molecule has 1 heterocycles. The zero-order chi connectivity index (χ0) is 21.1. The van der Waals surface area contributed by atoms with Gasteiger partial charge in [-0.05, 0) is 36.3 Å². The zero-order valence-corrected chi connectivity index (χ0v) is 17.4. The molecule has 2 unspecified atom stereocenters.